The molecule has 21 heavy (non-hydrogen) atoms. The van der Waals surface area contributed by atoms with E-state index in [1.165, 1.54) is 18.9 Å². The van der Waals surface area contributed by atoms with Crippen LogP contribution in [0.3, 0.4) is 0 Å². The third kappa shape index (κ3) is 5.74. The third-order valence-corrected chi connectivity index (χ3v) is 4.11. The van der Waals surface area contributed by atoms with Gasteiger partial charge < -0.3 is 5.32 Å². The van der Waals surface area contributed by atoms with Gasteiger partial charge in [-0.25, -0.2) is 8.78 Å². The first-order valence-electron chi connectivity index (χ1n) is 8.31. The Labute approximate surface area is 128 Å². The summed E-state index contributed by atoms with van der Waals surface area (Å²) in [5.41, 5.74) is 0.471. The van der Waals surface area contributed by atoms with Crippen LogP contribution in [0.15, 0.2) is 18.2 Å². The van der Waals surface area contributed by atoms with Crippen LogP contribution >= 0.6 is 0 Å². The van der Waals surface area contributed by atoms with E-state index in [1.54, 1.807) is 12.1 Å². The van der Waals surface area contributed by atoms with E-state index in [9.17, 15) is 8.78 Å². The Morgan fingerprint density at radius 3 is 2.48 bits per heavy atom. The largest absolute Gasteiger partial charge is 0.310 e. The van der Waals surface area contributed by atoms with Crippen molar-refractivity contribution in [2.75, 3.05) is 6.54 Å². The summed E-state index contributed by atoms with van der Waals surface area (Å²) < 4.78 is 27.6. The summed E-state index contributed by atoms with van der Waals surface area (Å²) in [6.45, 7) is 7.27. The molecule has 2 atom stereocenters. The molecule has 1 rings (SSSR count). The van der Waals surface area contributed by atoms with Crippen LogP contribution in [0.1, 0.15) is 70.9 Å². The molecule has 0 aliphatic heterocycles. The number of benzene rings is 1. The van der Waals surface area contributed by atoms with Crippen LogP contribution in [0, 0.1) is 17.6 Å². The molecule has 0 saturated carbocycles. The second-order valence-corrected chi connectivity index (χ2v) is 5.80. The van der Waals surface area contributed by atoms with Crippen LogP contribution < -0.4 is 5.32 Å². The number of hydrogen-bond acceptors (Lipinski definition) is 1. The molecule has 0 saturated heterocycles. The Morgan fingerprint density at radius 1 is 1.10 bits per heavy atom. The molecule has 1 aromatic rings. The number of halogens is 2. The molecule has 0 heterocycles. The van der Waals surface area contributed by atoms with Gasteiger partial charge >= 0.3 is 0 Å². The number of hydrogen-bond donors (Lipinski definition) is 1. The maximum Gasteiger partial charge on any atom is 0.163 e. The van der Waals surface area contributed by atoms with Crippen LogP contribution in [-0.2, 0) is 0 Å². The maximum absolute atomic E-state index is 14.1. The highest BCUT2D eigenvalue weighted by Gasteiger charge is 2.21. The normalized spacial score (nSPS) is 14.1. The van der Waals surface area contributed by atoms with Crippen molar-refractivity contribution in [1.82, 2.24) is 5.32 Å². The summed E-state index contributed by atoms with van der Waals surface area (Å²) in [4.78, 5) is 0. The highest BCUT2D eigenvalue weighted by molar-refractivity contribution is 5.22. The zero-order chi connectivity index (χ0) is 15.7. The molecule has 0 radical (unpaired) electrons. The first kappa shape index (κ1) is 18.1. The molecule has 1 nitrogen and oxygen atoms in total. The molecular formula is C18H29F2N. The fourth-order valence-corrected chi connectivity index (χ4v) is 2.74. The molecule has 0 aliphatic rings. The van der Waals surface area contributed by atoms with Gasteiger partial charge in [-0.3, -0.25) is 0 Å². The Bertz CT molecular complexity index is 406. The second-order valence-electron chi connectivity index (χ2n) is 5.80. The molecule has 0 bridgehead atoms. The standard InChI is InChI=1S/C18H29F2N/c1-4-7-9-14(6-3)13-17(21-12-5-2)15-10-8-11-16(19)18(15)20/h8,10-11,14,17,21H,4-7,9,12-13H2,1-3H3. The maximum atomic E-state index is 14.1. The summed E-state index contributed by atoms with van der Waals surface area (Å²) in [5, 5.41) is 3.39. The summed E-state index contributed by atoms with van der Waals surface area (Å²) in [7, 11) is 0. The second kappa shape index (κ2) is 9.88. The van der Waals surface area contributed by atoms with Crippen LogP contribution in [0.4, 0.5) is 8.78 Å². The average molecular weight is 297 g/mol. The molecule has 0 aliphatic carbocycles. The zero-order valence-corrected chi connectivity index (χ0v) is 13.6. The predicted octanol–water partition coefficient (Wildman–Crippen LogP) is 5.61. The van der Waals surface area contributed by atoms with Gasteiger partial charge in [0.15, 0.2) is 11.6 Å². The molecule has 3 heteroatoms. The van der Waals surface area contributed by atoms with Gasteiger partial charge in [-0.2, -0.15) is 0 Å². The lowest BCUT2D eigenvalue weighted by Gasteiger charge is -2.25. The molecule has 1 aromatic carbocycles. The van der Waals surface area contributed by atoms with Gasteiger partial charge in [0.25, 0.3) is 0 Å². The molecule has 0 amide bonds. The number of unbranched alkanes of at least 4 members (excludes halogenated alkanes) is 1. The minimum atomic E-state index is -0.752. The van der Waals surface area contributed by atoms with Gasteiger partial charge in [0.2, 0.25) is 0 Å². The van der Waals surface area contributed by atoms with Gasteiger partial charge in [-0.05, 0) is 31.4 Å². The van der Waals surface area contributed by atoms with E-state index < -0.39 is 11.6 Å². The third-order valence-electron chi connectivity index (χ3n) is 4.11. The molecule has 120 valence electrons. The highest BCUT2D eigenvalue weighted by Crippen LogP contribution is 2.29. The molecule has 1 N–H and O–H groups in total. The summed E-state index contributed by atoms with van der Waals surface area (Å²) >= 11 is 0. The topological polar surface area (TPSA) is 12.0 Å². The SMILES string of the molecule is CCCCC(CC)CC(NCCC)c1cccc(F)c1F. The first-order chi connectivity index (χ1) is 10.1. The molecule has 0 fully saturated rings. The van der Waals surface area contributed by atoms with Crippen molar-refractivity contribution in [1.29, 1.82) is 0 Å². The van der Waals surface area contributed by atoms with Crippen LogP contribution in [-0.4, -0.2) is 6.54 Å². The smallest absolute Gasteiger partial charge is 0.163 e. The van der Waals surface area contributed by atoms with Gasteiger partial charge in [0.05, 0.1) is 0 Å². The Balaban J connectivity index is 2.85. The van der Waals surface area contributed by atoms with Gasteiger partial charge in [0.1, 0.15) is 0 Å². The van der Waals surface area contributed by atoms with Crippen LogP contribution in [0.25, 0.3) is 0 Å². The summed E-state index contributed by atoms with van der Waals surface area (Å²) in [6.07, 6.45) is 6.48. The van der Waals surface area contributed by atoms with Crippen molar-refractivity contribution in [3.05, 3.63) is 35.4 Å². The lowest BCUT2D eigenvalue weighted by atomic mass is 9.89. The lowest BCUT2D eigenvalue weighted by Crippen LogP contribution is -2.25. The monoisotopic (exact) mass is 297 g/mol. The first-order valence-corrected chi connectivity index (χ1v) is 8.31. The number of nitrogens with one attached hydrogen (secondary N) is 1. The average Bonchev–Trinajstić information content (AvgIpc) is 2.50. The quantitative estimate of drug-likeness (QED) is 0.591. The van der Waals surface area contributed by atoms with Crippen molar-refractivity contribution < 1.29 is 8.78 Å². The van der Waals surface area contributed by atoms with E-state index in [2.05, 4.69) is 26.1 Å². The fourth-order valence-electron chi connectivity index (χ4n) is 2.74. The molecular weight excluding hydrogens is 268 g/mol. The van der Waals surface area contributed by atoms with Crippen molar-refractivity contribution in [3.8, 4) is 0 Å². The predicted molar refractivity (Wildman–Crippen MR) is 85.3 cm³/mol. The van der Waals surface area contributed by atoms with E-state index in [4.69, 9.17) is 0 Å². The van der Waals surface area contributed by atoms with Crippen LogP contribution in [0.2, 0.25) is 0 Å². The minimum Gasteiger partial charge on any atom is -0.310 e. The minimum absolute atomic E-state index is 0.0949. The highest BCUT2D eigenvalue weighted by atomic mass is 19.2. The Hall–Kier alpha value is -0.960. The van der Waals surface area contributed by atoms with Crippen molar-refractivity contribution in [3.63, 3.8) is 0 Å². The number of rotatable bonds is 10. The van der Waals surface area contributed by atoms with E-state index in [1.807, 2.05) is 0 Å². The van der Waals surface area contributed by atoms with E-state index >= 15 is 0 Å². The lowest BCUT2D eigenvalue weighted by molar-refractivity contribution is 0.344. The van der Waals surface area contributed by atoms with Gasteiger partial charge in [-0.15, -0.1) is 0 Å². The van der Waals surface area contributed by atoms with E-state index in [0.29, 0.717) is 11.5 Å². The molecule has 0 spiro atoms. The van der Waals surface area contributed by atoms with Gasteiger partial charge in [0, 0.05) is 11.6 Å². The van der Waals surface area contributed by atoms with Crippen molar-refractivity contribution in [2.24, 2.45) is 5.92 Å². The van der Waals surface area contributed by atoms with E-state index in [0.717, 1.165) is 32.2 Å². The van der Waals surface area contributed by atoms with Gasteiger partial charge in [-0.1, -0.05) is 58.6 Å². The zero-order valence-electron chi connectivity index (χ0n) is 13.6. The summed E-state index contributed by atoms with van der Waals surface area (Å²) in [5.74, 6) is -0.893. The molecule has 0 aromatic heterocycles. The van der Waals surface area contributed by atoms with Crippen molar-refractivity contribution >= 4 is 0 Å². The summed E-state index contributed by atoms with van der Waals surface area (Å²) in [6, 6.07) is 4.39. The molecule has 2 unspecified atom stereocenters. The Kier molecular flexibility index (Phi) is 8.51. The Morgan fingerprint density at radius 2 is 1.86 bits per heavy atom. The van der Waals surface area contributed by atoms with Crippen molar-refractivity contribution in [2.45, 2.75) is 65.3 Å². The van der Waals surface area contributed by atoms with Crippen LogP contribution in [0.5, 0.6) is 0 Å². The van der Waals surface area contributed by atoms with E-state index in [-0.39, 0.29) is 6.04 Å². The fraction of sp³-hybridized carbons (Fsp3) is 0.667.